The first-order chi connectivity index (χ1) is 13.1. The van der Waals surface area contributed by atoms with Gasteiger partial charge in [-0.15, -0.1) is 0 Å². The number of amides is 1. The number of piperidine rings is 1. The molecule has 152 valence electrons. The van der Waals surface area contributed by atoms with Crippen molar-refractivity contribution in [3.8, 4) is 0 Å². The van der Waals surface area contributed by atoms with E-state index in [0.717, 1.165) is 18.4 Å². The highest BCUT2D eigenvalue weighted by Crippen LogP contribution is 2.28. The minimum absolute atomic E-state index is 0.192. The summed E-state index contributed by atoms with van der Waals surface area (Å²) >= 11 is 6.02. The quantitative estimate of drug-likeness (QED) is 0.808. The lowest BCUT2D eigenvalue weighted by Gasteiger charge is -2.29. The van der Waals surface area contributed by atoms with Crippen molar-refractivity contribution in [3.63, 3.8) is 0 Å². The number of halogens is 1. The van der Waals surface area contributed by atoms with Crippen LogP contribution in [0, 0.1) is 19.8 Å². The summed E-state index contributed by atoms with van der Waals surface area (Å²) in [6, 6.07) is 6.72. The predicted molar refractivity (Wildman–Crippen MR) is 111 cm³/mol. The van der Waals surface area contributed by atoms with Crippen molar-refractivity contribution < 1.29 is 13.2 Å². The smallest absolute Gasteiger partial charge is 0.272 e. The topological polar surface area (TPSA) is 71.4 Å². The van der Waals surface area contributed by atoms with E-state index in [9.17, 15) is 13.2 Å². The van der Waals surface area contributed by atoms with Crippen LogP contribution in [0.25, 0.3) is 0 Å². The van der Waals surface area contributed by atoms with Crippen molar-refractivity contribution in [1.82, 2.24) is 8.87 Å². The molecule has 2 heterocycles. The van der Waals surface area contributed by atoms with Gasteiger partial charge in [-0.25, -0.2) is 8.42 Å². The molecule has 0 atom stereocenters. The highest BCUT2D eigenvalue weighted by atomic mass is 35.5. The van der Waals surface area contributed by atoms with Gasteiger partial charge in [0.05, 0.1) is 0 Å². The van der Waals surface area contributed by atoms with Crippen molar-refractivity contribution in [2.45, 2.75) is 38.5 Å². The molecule has 3 rings (SSSR count). The van der Waals surface area contributed by atoms with E-state index in [1.807, 2.05) is 13.0 Å². The van der Waals surface area contributed by atoms with Gasteiger partial charge < -0.3 is 9.88 Å². The predicted octanol–water partition coefficient (Wildman–Crippen LogP) is 3.97. The molecule has 0 saturated carbocycles. The molecule has 2 aromatic rings. The minimum Gasteiger partial charge on any atom is -0.343 e. The van der Waals surface area contributed by atoms with Crippen LogP contribution in [-0.2, 0) is 17.1 Å². The highest BCUT2D eigenvalue weighted by Gasteiger charge is 2.32. The fourth-order valence-corrected chi connectivity index (χ4v) is 5.34. The number of rotatable bonds is 4. The summed E-state index contributed by atoms with van der Waals surface area (Å²) in [5, 5.41) is 3.35. The summed E-state index contributed by atoms with van der Waals surface area (Å²) in [7, 11) is -1.93. The Balaban J connectivity index is 1.90. The second kappa shape index (κ2) is 7.89. The van der Waals surface area contributed by atoms with Crippen LogP contribution in [0.3, 0.4) is 0 Å². The van der Waals surface area contributed by atoms with Gasteiger partial charge in [0, 0.05) is 36.5 Å². The molecule has 8 heteroatoms. The largest absolute Gasteiger partial charge is 0.343 e. The summed E-state index contributed by atoms with van der Waals surface area (Å²) in [5.74, 6) is 0.162. The second-order valence-corrected chi connectivity index (χ2v) is 9.88. The van der Waals surface area contributed by atoms with Crippen LogP contribution in [0.15, 0.2) is 29.2 Å². The molecule has 1 aromatic carbocycles. The fraction of sp³-hybridized carbons (Fsp3) is 0.450. The lowest BCUT2D eigenvalue weighted by atomic mass is 10.0. The Morgan fingerprint density at radius 2 is 1.82 bits per heavy atom. The van der Waals surface area contributed by atoms with Crippen molar-refractivity contribution in [2.75, 3.05) is 18.4 Å². The molecule has 28 heavy (non-hydrogen) atoms. The average molecular weight is 424 g/mol. The molecule has 0 bridgehead atoms. The monoisotopic (exact) mass is 423 g/mol. The van der Waals surface area contributed by atoms with Gasteiger partial charge in [-0.05, 0) is 56.4 Å². The van der Waals surface area contributed by atoms with Gasteiger partial charge in [-0.1, -0.05) is 24.6 Å². The van der Waals surface area contributed by atoms with Gasteiger partial charge in [0.1, 0.15) is 10.6 Å². The molecule has 0 unspecified atom stereocenters. The number of carbonyl (C=O) groups is 1. The third-order valence-electron chi connectivity index (χ3n) is 5.53. The molecule has 1 aromatic heterocycles. The zero-order chi connectivity index (χ0) is 20.6. The summed E-state index contributed by atoms with van der Waals surface area (Å²) < 4.78 is 29.4. The van der Waals surface area contributed by atoms with Crippen LogP contribution < -0.4 is 5.32 Å². The third-order valence-corrected chi connectivity index (χ3v) is 7.78. The standard InChI is InChI=1S/C20H26ClN3O3S/c1-13-7-9-24(10-8-13)28(26,27)19-12-18(23(4)15(19)3)20(25)22-17-11-16(21)6-5-14(17)2/h5-6,11-13H,7-10H2,1-4H3,(H,22,25). The molecule has 6 nitrogen and oxygen atoms in total. The van der Waals surface area contributed by atoms with Crippen LogP contribution in [0.5, 0.6) is 0 Å². The normalized spacial score (nSPS) is 16.3. The average Bonchev–Trinajstić information content (AvgIpc) is 2.94. The Morgan fingerprint density at radius 3 is 2.46 bits per heavy atom. The van der Waals surface area contributed by atoms with Crippen molar-refractivity contribution >= 4 is 33.2 Å². The van der Waals surface area contributed by atoms with Crippen LogP contribution >= 0.6 is 11.6 Å². The minimum atomic E-state index is -3.63. The highest BCUT2D eigenvalue weighted by molar-refractivity contribution is 7.89. The maximum absolute atomic E-state index is 13.1. The Morgan fingerprint density at radius 1 is 1.18 bits per heavy atom. The van der Waals surface area contributed by atoms with E-state index in [-0.39, 0.29) is 10.8 Å². The van der Waals surface area contributed by atoms with Crippen LogP contribution in [0.2, 0.25) is 5.02 Å². The zero-order valence-electron chi connectivity index (χ0n) is 16.6. The van der Waals surface area contributed by atoms with Gasteiger partial charge >= 0.3 is 0 Å². The number of anilines is 1. The van der Waals surface area contributed by atoms with Crippen LogP contribution in [0.4, 0.5) is 5.69 Å². The number of nitrogens with zero attached hydrogens (tertiary/aromatic N) is 2. The first kappa shape index (κ1) is 20.9. The number of hydrogen-bond acceptors (Lipinski definition) is 3. The number of aryl methyl sites for hydroxylation is 1. The van der Waals surface area contributed by atoms with E-state index in [2.05, 4.69) is 12.2 Å². The van der Waals surface area contributed by atoms with Crippen LogP contribution in [-0.4, -0.2) is 36.3 Å². The Kier molecular flexibility index (Phi) is 5.89. The molecule has 1 aliphatic heterocycles. The Labute approximate surface area is 171 Å². The first-order valence-corrected chi connectivity index (χ1v) is 11.2. The number of aromatic nitrogens is 1. The maximum Gasteiger partial charge on any atom is 0.272 e. The molecular weight excluding hydrogens is 398 g/mol. The molecule has 0 aliphatic carbocycles. The van der Waals surface area contributed by atoms with Gasteiger partial charge in [0.2, 0.25) is 10.0 Å². The molecule has 1 aliphatic rings. The maximum atomic E-state index is 13.1. The second-order valence-electron chi connectivity index (χ2n) is 7.54. The lowest BCUT2D eigenvalue weighted by molar-refractivity contribution is 0.101. The van der Waals surface area contributed by atoms with Gasteiger partial charge in [-0.2, -0.15) is 4.31 Å². The number of benzene rings is 1. The number of sulfonamides is 1. The Bertz CT molecular complexity index is 1010. The molecule has 0 radical (unpaired) electrons. The lowest BCUT2D eigenvalue weighted by Crippen LogP contribution is -2.38. The van der Waals surface area contributed by atoms with E-state index in [1.165, 1.54) is 10.4 Å². The van der Waals surface area contributed by atoms with E-state index < -0.39 is 10.0 Å². The van der Waals surface area contributed by atoms with Crippen molar-refractivity contribution in [2.24, 2.45) is 13.0 Å². The molecule has 1 fully saturated rings. The third kappa shape index (κ3) is 3.97. The van der Waals surface area contributed by atoms with E-state index in [0.29, 0.717) is 41.1 Å². The van der Waals surface area contributed by atoms with Gasteiger partial charge in [0.15, 0.2) is 0 Å². The number of carbonyl (C=O) groups excluding carboxylic acids is 1. The molecule has 1 saturated heterocycles. The summed E-state index contributed by atoms with van der Waals surface area (Å²) in [4.78, 5) is 13.0. The summed E-state index contributed by atoms with van der Waals surface area (Å²) in [6.07, 6.45) is 1.71. The van der Waals surface area contributed by atoms with Gasteiger partial charge in [-0.3, -0.25) is 4.79 Å². The Hall–Kier alpha value is -1.83. The zero-order valence-corrected chi connectivity index (χ0v) is 18.2. The summed E-state index contributed by atoms with van der Waals surface area (Å²) in [6.45, 7) is 6.76. The molecule has 0 spiro atoms. The van der Waals surface area contributed by atoms with E-state index in [1.54, 1.807) is 30.7 Å². The van der Waals surface area contributed by atoms with E-state index >= 15 is 0 Å². The van der Waals surface area contributed by atoms with E-state index in [4.69, 9.17) is 11.6 Å². The number of nitrogens with one attached hydrogen (secondary N) is 1. The fourth-order valence-electron chi connectivity index (χ4n) is 3.43. The van der Waals surface area contributed by atoms with Crippen molar-refractivity contribution in [3.05, 3.63) is 46.2 Å². The molecule has 1 amide bonds. The number of hydrogen-bond donors (Lipinski definition) is 1. The molecule has 1 N–H and O–H groups in total. The summed E-state index contributed by atoms with van der Waals surface area (Å²) in [5.41, 5.74) is 2.32. The first-order valence-electron chi connectivity index (χ1n) is 9.35. The SMILES string of the molecule is Cc1ccc(Cl)cc1NC(=O)c1cc(S(=O)(=O)N2CCC(C)CC2)c(C)n1C. The van der Waals surface area contributed by atoms with Gasteiger partial charge in [0.25, 0.3) is 5.91 Å². The molecular formula is C20H26ClN3O3S. The van der Waals surface area contributed by atoms with Crippen LogP contribution in [0.1, 0.15) is 41.5 Å². The van der Waals surface area contributed by atoms with Crippen molar-refractivity contribution in [1.29, 1.82) is 0 Å².